The second-order valence-corrected chi connectivity index (χ2v) is 8.25. The van der Waals surface area contributed by atoms with Gasteiger partial charge in [-0.15, -0.1) is 0 Å². The minimum absolute atomic E-state index is 0.113. The third-order valence-corrected chi connectivity index (χ3v) is 5.93. The van der Waals surface area contributed by atoms with Crippen LogP contribution < -0.4 is 32.3 Å². The van der Waals surface area contributed by atoms with Gasteiger partial charge in [-0.25, -0.2) is 5.01 Å². The van der Waals surface area contributed by atoms with Gasteiger partial charge in [0.2, 0.25) is 0 Å². The van der Waals surface area contributed by atoms with Crippen LogP contribution in [0.15, 0.2) is 66.4 Å². The quantitative estimate of drug-likeness (QED) is 0.208. The molecule has 2 aromatic carbocycles. The first-order chi connectivity index (χ1) is 16.4. The molecule has 1 aliphatic rings. The minimum Gasteiger partial charge on any atom is -0.457 e. The summed E-state index contributed by atoms with van der Waals surface area (Å²) in [5.41, 5.74) is 17.6. The first-order valence-electron chi connectivity index (χ1n) is 11.3. The molecule has 0 saturated heterocycles. The molecule has 2 unspecified atom stereocenters. The Kier molecular flexibility index (Phi) is 9.08. The summed E-state index contributed by atoms with van der Waals surface area (Å²) in [6.07, 6.45) is 2.95. The van der Waals surface area contributed by atoms with Gasteiger partial charge in [0.25, 0.3) is 5.91 Å². The Hall–Kier alpha value is -3.35. The minimum atomic E-state index is -0.417. The number of nitrogens with zero attached hydrogens (tertiary/aromatic N) is 1. The van der Waals surface area contributed by atoms with E-state index in [1.54, 1.807) is 13.1 Å². The molecule has 1 amide bonds. The first-order valence-corrected chi connectivity index (χ1v) is 11.3. The van der Waals surface area contributed by atoms with E-state index < -0.39 is 6.04 Å². The van der Waals surface area contributed by atoms with Crippen LogP contribution in [0.1, 0.15) is 31.4 Å². The molecule has 0 heterocycles. The van der Waals surface area contributed by atoms with E-state index >= 15 is 0 Å². The maximum absolute atomic E-state index is 11.7. The van der Waals surface area contributed by atoms with Crippen molar-refractivity contribution >= 4 is 5.91 Å². The van der Waals surface area contributed by atoms with E-state index in [9.17, 15) is 4.79 Å². The number of rotatable bonds is 10. The number of ether oxygens (including phenoxy) is 1. The number of para-hydroxylation sites is 1. The van der Waals surface area contributed by atoms with Crippen molar-refractivity contribution in [1.29, 1.82) is 0 Å². The number of carbonyl (C=O) groups excluding carboxylic acids is 1. The van der Waals surface area contributed by atoms with E-state index in [2.05, 4.69) is 27.9 Å². The Morgan fingerprint density at radius 3 is 2.35 bits per heavy atom. The predicted octanol–water partition coefficient (Wildman–Crippen LogP) is 1.97. The number of nitrogens with one attached hydrogen (secondary N) is 3. The SMILES string of the molecule is CC#CC(=O)NC1CC(NC(/C(=C\N)C(N)c2ccc(Oc3ccccc3)cc2)N(C)NC)C1. The number of hydrazine groups is 1. The molecule has 0 spiro atoms. The van der Waals surface area contributed by atoms with Crippen LogP contribution in [0.4, 0.5) is 0 Å². The Bertz CT molecular complexity index is 1020. The second kappa shape index (κ2) is 12.2. The van der Waals surface area contributed by atoms with Gasteiger partial charge in [-0.3, -0.25) is 15.5 Å². The van der Waals surface area contributed by atoms with E-state index in [1.807, 2.05) is 73.7 Å². The van der Waals surface area contributed by atoms with Crippen LogP contribution in [0.5, 0.6) is 11.5 Å². The summed E-state index contributed by atoms with van der Waals surface area (Å²) >= 11 is 0. The highest BCUT2D eigenvalue weighted by Gasteiger charge is 2.34. The Balaban J connectivity index is 1.65. The predicted molar refractivity (Wildman–Crippen MR) is 134 cm³/mol. The monoisotopic (exact) mass is 462 g/mol. The molecule has 0 aliphatic heterocycles. The zero-order valence-corrected chi connectivity index (χ0v) is 19.9. The number of hydrogen-bond acceptors (Lipinski definition) is 7. The summed E-state index contributed by atoms with van der Waals surface area (Å²) in [6, 6.07) is 17.2. The van der Waals surface area contributed by atoms with Crippen molar-refractivity contribution < 1.29 is 9.53 Å². The van der Waals surface area contributed by atoms with Gasteiger partial charge >= 0.3 is 0 Å². The van der Waals surface area contributed by atoms with Gasteiger partial charge in [0.1, 0.15) is 11.5 Å². The Labute approximate surface area is 201 Å². The van der Waals surface area contributed by atoms with Gasteiger partial charge in [-0.2, -0.15) is 0 Å². The smallest absolute Gasteiger partial charge is 0.296 e. The van der Waals surface area contributed by atoms with E-state index in [4.69, 9.17) is 16.2 Å². The molecular formula is C26H34N6O2. The van der Waals surface area contributed by atoms with Gasteiger partial charge in [0.05, 0.1) is 12.2 Å². The fourth-order valence-electron chi connectivity index (χ4n) is 3.92. The molecule has 8 heteroatoms. The fourth-order valence-corrected chi connectivity index (χ4v) is 3.92. The highest BCUT2D eigenvalue weighted by Crippen LogP contribution is 2.28. The van der Waals surface area contributed by atoms with Crippen LogP contribution in [0, 0.1) is 11.8 Å². The maximum atomic E-state index is 11.7. The van der Waals surface area contributed by atoms with Crippen LogP contribution in [-0.2, 0) is 4.79 Å². The van der Waals surface area contributed by atoms with Gasteiger partial charge in [-0.05, 0) is 74.3 Å². The molecule has 2 aromatic rings. The van der Waals surface area contributed by atoms with Crippen LogP contribution in [-0.4, -0.2) is 43.3 Å². The average molecular weight is 463 g/mol. The van der Waals surface area contributed by atoms with Crippen LogP contribution in [0.25, 0.3) is 0 Å². The first kappa shape index (κ1) is 25.3. The van der Waals surface area contributed by atoms with Crippen molar-refractivity contribution in [1.82, 2.24) is 21.1 Å². The maximum Gasteiger partial charge on any atom is 0.296 e. The van der Waals surface area contributed by atoms with Crippen molar-refractivity contribution in [2.75, 3.05) is 14.1 Å². The Morgan fingerprint density at radius 1 is 1.12 bits per heavy atom. The zero-order chi connectivity index (χ0) is 24.5. The zero-order valence-electron chi connectivity index (χ0n) is 19.9. The average Bonchev–Trinajstić information content (AvgIpc) is 2.82. The number of amides is 1. The number of benzene rings is 2. The highest BCUT2D eigenvalue weighted by atomic mass is 16.5. The summed E-state index contributed by atoms with van der Waals surface area (Å²) < 4.78 is 5.88. The molecule has 7 N–H and O–H groups in total. The number of likely N-dealkylation sites (N-methyl/N-ethyl adjacent to an activating group) is 1. The lowest BCUT2D eigenvalue weighted by molar-refractivity contribution is -0.117. The van der Waals surface area contributed by atoms with Gasteiger partial charge < -0.3 is 21.5 Å². The fraction of sp³-hybridized carbons (Fsp3) is 0.346. The van der Waals surface area contributed by atoms with Crippen LogP contribution >= 0.6 is 0 Å². The van der Waals surface area contributed by atoms with E-state index in [1.165, 1.54) is 0 Å². The van der Waals surface area contributed by atoms with Gasteiger partial charge in [0, 0.05) is 19.1 Å². The van der Waals surface area contributed by atoms with E-state index in [0.717, 1.165) is 35.5 Å². The molecule has 1 fully saturated rings. The summed E-state index contributed by atoms with van der Waals surface area (Å²) in [6.45, 7) is 1.65. The highest BCUT2D eigenvalue weighted by molar-refractivity contribution is 5.93. The number of hydrogen-bond donors (Lipinski definition) is 5. The molecule has 1 saturated carbocycles. The van der Waals surface area contributed by atoms with Crippen LogP contribution in [0.2, 0.25) is 0 Å². The molecule has 2 atom stereocenters. The summed E-state index contributed by atoms with van der Waals surface area (Å²) in [5, 5.41) is 8.46. The third kappa shape index (κ3) is 6.59. The molecule has 180 valence electrons. The van der Waals surface area contributed by atoms with Gasteiger partial charge in [-0.1, -0.05) is 36.3 Å². The molecule has 3 rings (SSSR count). The van der Waals surface area contributed by atoms with Crippen molar-refractivity contribution in [3.8, 4) is 23.3 Å². The summed E-state index contributed by atoms with van der Waals surface area (Å²) in [7, 11) is 3.77. The second-order valence-electron chi connectivity index (χ2n) is 8.25. The molecule has 8 nitrogen and oxygen atoms in total. The van der Waals surface area contributed by atoms with Gasteiger partial charge in [0.15, 0.2) is 0 Å². The molecule has 0 bridgehead atoms. The molecule has 0 aromatic heterocycles. The largest absolute Gasteiger partial charge is 0.457 e. The van der Waals surface area contributed by atoms with Crippen LogP contribution in [0.3, 0.4) is 0 Å². The standard InChI is InChI=1S/C26H34N6O2/c1-4-8-24(33)30-19-15-20(16-19)31-26(32(3)29-2)23(17-27)25(28)18-11-13-22(14-12-18)34-21-9-6-5-7-10-21/h5-7,9-14,17,19-20,25-26,29,31H,15-16,27-28H2,1-3H3,(H,30,33)/b23-17-. The topological polar surface area (TPSA) is 118 Å². The lowest BCUT2D eigenvalue weighted by atomic mass is 9.85. The number of nitrogens with two attached hydrogens (primary N) is 2. The molecular weight excluding hydrogens is 428 g/mol. The lowest BCUT2D eigenvalue weighted by Gasteiger charge is -2.42. The summed E-state index contributed by atoms with van der Waals surface area (Å²) in [4.78, 5) is 11.7. The molecule has 34 heavy (non-hydrogen) atoms. The van der Waals surface area contributed by atoms with Crippen molar-refractivity contribution in [2.24, 2.45) is 11.5 Å². The van der Waals surface area contributed by atoms with E-state index in [-0.39, 0.29) is 24.2 Å². The normalized spacial score (nSPS) is 19.4. The van der Waals surface area contributed by atoms with Crippen molar-refractivity contribution in [3.63, 3.8) is 0 Å². The summed E-state index contributed by atoms with van der Waals surface area (Å²) in [5.74, 6) is 6.41. The van der Waals surface area contributed by atoms with Crippen molar-refractivity contribution in [3.05, 3.63) is 71.9 Å². The molecule has 0 radical (unpaired) electrons. The lowest BCUT2D eigenvalue weighted by Crippen LogP contribution is -2.60. The molecule has 1 aliphatic carbocycles. The van der Waals surface area contributed by atoms with E-state index in [0.29, 0.717) is 0 Å². The Morgan fingerprint density at radius 2 is 1.76 bits per heavy atom. The van der Waals surface area contributed by atoms with Crippen molar-refractivity contribution in [2.45, 2.75) is 44.1 Å². The number of carbonyl (C=O) groups is 1. The third-order valence-electron chi connectivity index (χ3n) is 5.93.